The molecule has 2 aromatic rings. The number of piperidine rings is 1. The number of hydrogen-bond acceptors (Lipinski definition) is 4. The topological polar surface area (TPSA) is 60.6 Å². The molecule has 2 saturated heterocycles. The fraction of sp³-hybridized carbons (Fsp3) is 0.667. The van der Waals surface area contributed by atoms with Gasteiger partial charge in [0.05, 0.1) is 6.61 Å². The number of fused-ring (bicyclic) bond motifs is 1. The molecule has 0 atom stereocenters. The van der Waals surface area contributed by atoms with Gasteiger partial charge in [0.1, 0.15) is 11.4 Å². The minimum atomic E-state index is -0.00798. The molecule has 4 rings (SSSR count). The van der Waals surface area contributed by atoms with E-state index in [1.807, 2.05) is 24.3 Å². The van der Waals surface area contributed by atoms with Crippen LogP contribution in [0.1, 0.15) is 69.8 Å². The number of nitrogens with zero attached hydrogens (tertiary/aromatic N) is 2. The monoisotopic (exact) mass is 454 g/mol. The summed E-state index contributed by atoms with van der Waals surface area (Å²) in [6.07, 6.45) is 7.54. The lowest BCUT2D eigenvalue weighted by atomic mass is 9.99. The minimum Gasteiger partial charge on any atom is -0.493 e. The van der Waals surface area contributed by atoms with Gasteiger partial charge in [0.15, 0.2) is 0 Å². The first kappa shape index (κ1) is 24.1. The molecule has 1 aromatic heterocycles. The molecular weight excluding hydrogens is 412 g/mol. The summed E-state index contributed by atoms with van der Waals surface area (Å²) in [5, 5.41) is 4.29. The minimum absolute atomic E-state index is 0.00798. The number of rotatable bonds is 7. The molecule has 1 aromatic carbocycles. The average molecular weight is 455 g/mol. The number of likely N-dealkylation sites (tertiary alicyclic amines) is 2. The van der Waals surface area contributed by atoms with E-state index in [0.29, 0.717) is 12.3 Å². The number of ether oxygens (including phenoxy) is 1. The molecule has 2 fully saturated rings. The van der Waals surface area contributed by atoms with Crippen LogP contribution in [0.25, 0.3) is 10.9 Å². The number of carbonyl (C=O) groups is 1. The molecule has 0 bridgehead atoms. The summed E-state index contributed by atoms with van der Waals surface area (Å²) in [5.41, 5.74) is 1.68. The van der Waals surface area contributed by atoms with Crippen molar-refractivity contribution < 1.29 is 9.53 Å². The van der Waals surface area contributed by atoms with Gasteiger partial charge < -0.3 is 24.8 Å². The molecule has 0 saturated carbocycles. The first-order chi connectivity index (χ1) is 15.9. The number of carbonyl (C=O) groups excluding carboxylic acids is 1. The fourth-order valence-electron chi connectivity index (χ4n) is 4.82. The SMILES string of the molecule is CC(C)(C)COc1ccc2cc(C(=O)NC3CCN(CCN4CCCCCC4)CC3)[nH]c2c1. The largest absolute Gasteiger partial charge is 0.493 e. The van der Waals surface area contributed by atoms with Gasteiger partial charge in [-0.3, -0.25) is 4.79 Å². The van der Waals surface area contributed by atoms with Crippen LogP contribution in [0, 0.1) is 5.41 Å². The molecule has 3 heterocycles. The molecule has 2 aliphatic heterocycles. The van der Waals surface area contributed by atoms with E-state index in [2.05, 4.69) is 40.9 Å². The smallest absolute Gasteiger partial charge is 0.267 e. The Bertz CT molecular complexity index is 900. The first-order valence-corrected chi connectivity index (χ1v) is 12.9. The van der Waals surface area contributed by atoms with Gasteiger partial charge in [-0.1, -0.05) is 33.6 Å². The lowest BCUT2D eigenvalue weighted by Gasteiger charge is -2.33. The normalized spacial score (nSPS) is 19.5. The molecule has 0 aliphatic carbocycles. The van der Waals surface area contributed by atoms with Crippen LogP contribution >= 0.6 is 0 Å². The third-order valence-electron chi connectivity index (χ3n) is 6.86. The highest BCUT2D eigenvalue weighted by Crippen LogP contribution is 2.24. The van der Waals surface area contributed by atoms with E-state index in [4.69, 9.17) is 4.74 Å². The van der Waals surface area contributed by atoms with Crippen molar-refractivity contribution in [2.75, 3.05) is 45.9 Å². The molecule has 1 amide bonds. The predicted octanol–water partition coefficient (Wildman–Crippen LogP) is 4.66. The van der Waals surface area contributed by atoms with Crippen LogP contribution in [-0.4, -0.2) is 72.6 Å². The zero-order chi connectivity index (χ0) is 23.3. The number of H-pyrrole nitrogens is 1. The fourth-order valence-corrected chi connectivity index (χ4v) is 4.82. The quantitative estimate of drug-likeness (QED) is 0.639. The Kier molecular flexibility index (Phi) is 7.97. The number of amides is 1. The maximum Gasteiger partial charge on any atom is 0.267 e. The maximum absolute atomic E-state index is 12.9. The Hall–Kier alpha value is -2.05. The van der Waals surface area contributed by atoms with Gasteiger partial charge in [0, 0.05) is 49.2 Å². The number of aromatic nitrogens is 1. The van der Waals surface area contributed by atoms with Gasteiger partial charge in [0.2, 0.25) is 0 Å². The molecule has 2 N–H and O–H groups in total. The summed E-state index contributed by atoms with van der Waals surface area (Å²) in [6.45, 7) is 14.1. The van der Waals surface area contributed by atoms with Crippen molar-refractivity contribution in [3.63, 3.8) is 0 Å². The van der Waals surface area contributed by atoms with Crippen molar-refractivity contribution in [3.8, 4) is 5.75 Å². The van der Waals surface area contributed by atoms with Crippen LogP contribution in [0.4, 0.5) is 0 Å². The predicted molar refractivity (Wildman–Crippen MR) is 135 cm³/mol. The van der Waals surface area contributed by atoms with Gasteiger partial charge in [-0.05, 0) is 62.4 Å². The van der Waals surface area contributed by atoms with Crippen LogP contribution in [0.5, 0.6) is 5.75 Å². The third-order valence-corrected chi connectivity index (χ3v) is 6.86. The zero-order valence-corrected chi connectivity index (χ0v) is 20.8. The van der Waals surface area contributed by atoms with Crippen molar-refractivity contribution in [1.29, 1.82) is 0 Å². The van der Waals surface area contributed by atoms with Crippen LogP contribution in [0.2, 0.25) is 0 Å². The van der Waals surface area contributed by atoms with Gasteiger partial charge in [0.25, 0.3) is 5.91 Å². The van der Waals surface area contributed by atoms with Crippen molar-refractivity contribution in [3.05, 3.63) is 30.0 Å². The summed E-state index contributed by atoms with van der Waals surface area (Å²) in [6, 6.07) is 8.17. The van der Waals surface area contributed by atoms with E-state index in [1.54, 1.807) is 0 Å². The molecule has 33 heavy (non-hydrogen) atoms. The highest BCUT2D eigenvalue weighted by molar-refractivity contribution is 5.98. The van der Waals surface area contributed by atoms with Crippen molar-refractivity contribution in [2.24, 2.45) is 5.41 Å². The Morgan fingerprint density at radius 3 is 2.33 bits per heavy atom. The molecule has 0 radical (unpaired) electrons. The van der Waals surface area contributed by atoms with Gasteiger partial charge in [-0.25, -0.2) is 0 Å². The number of nitrogens with one attached hydrogen (secondary N) is 2. The van der Waals surface area contributed by atoms with E-state index in [9.17, 15) is 4.79 Å². The Morgan fingerprint density at radius 1 is 1.00 bits per heavy atom. The summed E-state index contributed by atoms with van der Waals surface area (Å²) < 4.78 is 5.92. The Labute approximate surface area is 199 Å². The van der Waals surface area contributed by atoms with Gasteiger partial charge in [-0.15, -0.1) is 0 Å². The van der Waals surface area contributed by atoms with Crippen molar-refractivity contribution >= 4 is 16.8 Å². The molecule has 6 nitrogen and oxygen atoms in total. The standard InChI is InChI=1S/C27H42N4O2/c1-27(2,3)20-33-23-9-8-21-18-25(29-24(21)19-23)26(32)28-22-10-14-31(15-11-22)17-16-30-12-6-4-5-7-13-30/h8-9,18-19,22,29H,4-7,10-17,20H2,1-3H3,(H,28,32). The first-order valence-electron chi connectivity index (χ1n) is 12.9. The highest BCUT2D eigenvalue weighted by atomic mass is 16.5. The lowest BCUT2D eigenvalue weighted by Crippen LogP contribution is -2.46. The van der Waals surface area contributed by atoms with Crippen LogP contribution < -0.4 is 10.1 Å². The van der Waals surface area contributed by atoms with Crippen molar-refractivity contribution in [1.82, 2.24) is 20.1 Å². The van der Waals surface area contributed by atoms with Crippen LogP contribution in [-0.2, 0) is 0 Å². The van der Waals surface area contributed by atoms with E-state index in [-0.39, 0.29) is 17.4 Å². The van der Waals surface area contributed by atoms with E-state index >= 15 is 0 Å². The van der Waals surface area contributed by atoms with E-state index in [1.165, 1.54) is 45.3 Å². The zero-order valence-electron chi connectivity index (χ0n) is 20.8. The highest BCUT2D eigenvalue weighted by Gasteiger charge is 2.22. The van der Waals surface area contributed by atoms with Gasteiger partial charge in [-0.2, -0.15) is 0 Å². The second-order valence-corrected chi connectivity index (χ2v) is 11.1. The summed E-state index contributed by atoms with van der Waals surface area (Å²) >= 11 is 0. The van der Waals surface area contributed by atoms with E-state index in [0.717, 1.165) is 49.1 Å². The van der Waals surface area contributed by atoms with Crippen LogP contribution in [0.15, 0.2) is 24.3 Å². The molecule has 182 valence electrons. The Morgan fingerprint density at radius 2 is 1.67 bits per heavy atom. The molecule has 2 aliphatic rings. The summed E-state index contributed by atoms with van der Waals surface area (Å²) in [5.74, 6) is 0.824. The number of hydrogen-bond donors (Lipinski definition) is 2. The van der Waals surface area contributed by atoms with Crippen LogP contribution in [0.3, 0.4) is 0 Å². The van der Waals surface area contributed by atoms with Crippen molar-refractivity contribution in [2.45, 2.75) is 65.3 Å². The molecule has 0 spiro atoms. The van der Waals surface area contributed by atoms with E-state index < -0.39 is 0 Å². The second kappa shape index (κ2) is 10.9. The maximum atomic E-state index is 12.9. The second-order valence-electron chi connectivity index (χ2n) is 11.1. The number of benzene rings is 1. The lowest BCUT2D eigenvalue weighted by molar-refractivity contribution is 0.0902. The summed E-state index contributed by atoms with van der Waals surface area (Å²) in [7, 11) is 0. The third kappa shape index (κ3) is 7.21. The molecule has 0 unspecified atom stereocenters. The molecular formula is C27H42N4O2. The number of aromatic amines is 1. The summed E-state index contributed by atoms with van der Waals surface area (Å²) in [4.78, 5) is 21.4. The Balaban J connectivity index is 1.23. The average Bonchev–Trinajstić information content (AvgIpc) is 3.04. The van der Waals surface area contributed by atoms with Gasteiger partial charge >= 0.3 is 0 Å². The molecule has 6 heteroatoms.